The predicted octanol–water partition coefficient (Wildman–Crippen LogP) is 4.51. The van der Waals surface area contributed by atoms with Crippen LogP contribution in [0.25, 0.3) is 0 Å². The van der Waals surface area contributed by atoms with E-state index in [-0.39, 0.29) is 0 Å². The van der Waals surface area contributed by atoms with Crippen molar-refractivity contribution in [3.8, 4) is 23.0 Å². The normalized spacial score (nSPS) is 17.6. The summed E-state index contributed by atoms with van der Waals surface area (Å²) in [4.78, 5) is 14.2. The summed E-state index contributed by atoms with van der Waals surface area (Å²) < 4.78 is 22.9. The average Bonchev–Trinajstić information content (AvgIpc) is 2.80. The molecule has 0 radical (unpaired) electrons. The minimum absolute atomic E-state index is 0.402. The molecule has 0 aliphatic carbocycles. The van der Waals surface area contributed by atoms with Gasteiger partial charge in [0.05, 0.1) is 34.5 Å². The van der Waals surface area contributed by atoms with Gasteiger partial charge in [0.25, 0.3) is 0 Å². The molecule has 2 aromatic rings. The summed E-state index contributed by atoms with van der Waals surface area (Å²) in [5.41, 5.74) is 1.68. The van der Waals surface area contributed by atoms with Crippen molar-refractivity contribution in [2.45, 2.75) is 31.3 Å². The molecule has 1 heterocycles. The highest BCUT2D eigenvalue weighted by molar-refractivity contribution is 9.10. The summed E-state index contributed by atoms with van der Waals surface area (Å²) in [5, 5.41) is 9.98. The first-order chi connectivity index (χ1) is 14.9. The number of carbonyl (C=O) groups is 1. The molecule has 1 saturated heterocycles. The van der Waals surface area contributed by atoms with Gasteiger partial charge in [-0.2, -0.15) is 0 Å². The van der Waals surface area contributed by atoms with Crippen LogP contribution in [-0.4, -0.2) is 57.0 Å². The number of nitrogens with zero attached hydrogens (tertiary/aromatic N) is 1. The van der Waals surface area contributed by atoms with Crippen LogP contribution in [0.15, 0.2) is 34.8 Å². The van der Waals surface area contributed by atoms with Crippen LogP contribution < -0.4 is 18.9 Å². The van der Waals surface area contributed by atoms with Crippen molar-refractivity contribution < 1.29 is 28.8 Å². The lowest BCUT2D eigenvalue weighted by Crippen LogP contribution is -2.47. The van der Waals surface area contributed by atoms with Crippen LogP contribution in [0, 0.1) is 0 Å². The molecular formula is C23H28BrNO6. The number of likely N-dealkylation sites (tertiary alicyclic amines) is 1. The molecule has 1 fully saturated rings. The highest BCUT2D eigenvalue weighted by Gasteiger charge is 2.37. The van der Waals surface area contributed by atoms with E-state index in [1.54, 1.807) is 28.4 Å². The zero-order chi connectivity index (χ0) is 22.5. The molecule has 2 atom stereocenters. The Hall–Kier alpha value is -2.45. The lowest BCUT2D eigenvalue weighted by molar-refractivity contribution is -0.145. The van der Waals surface area contributed by atoms with E-state index in [9.17, 15) is 9.90 Å². The van der Waals surface area contributed by atoms with Gasteiger partial charge in [-0.3, -0.25) is 9.69 Å². The topological polar surface area (TPSA) is 77.5 Å². The van der Waals surface area contributed by atoms with E-state index in [0.29, 0.717) is 36.0 Å². The molecule has 1 N–H and O–H groups in total. The Morgan fingerprint density at radius 3 is 2.26 bits per heavy atom. The molecular weight excluding hydrogens is 466 g/mol. The molecule has 1 aliphatic rings. The van der Waals surface area contributed by atoms with Crippen LogP contribution in [0.2, 0.25) is 0 Å². The molecule has 2 unspecified atom stereocenters. The van der Waals surface area contributed by atoms with Gasteiger partial charge in [0.1, 0.15) is 17.5 Å². The summed E-state index contributed by atoms with van der Waals surface area (Å²) in [5.74, 6) is 1.64. The summed E-state index contributed by atoms with van der Waals surface area (Å²) in [6.07, 6.45) is 2.38. The van der Waals surface area contributed by atoms with E-state index >= 15 is 0 Å². The third kappa shape index (κ3) is 4.75. The minimum atomic E-state index is -0.830. The molecule has 0 spiro atoms. The van der Waals surface area contributed by atoms with Crippen molar-refractivity contribution in [3.05, 3.63) is 45.9 Å². The van der Waals surface area contributed by atoms with Crippen molar-refractivity contribution in [2.24, 2.45) is 0 Å². The standard InChI is InChI=1S/C23H28BrNO6/c1-28-14-8-9-19(29-2)16(11-14)22(25-10-6-5-7-18(25)23(26)27)15-12-20(30-3)21(31-4)13-17(15)24/h8-9,11-13,18,22H,5-7,10H2,1-4H3,(H,26,27). The fraction of sp³-hybridized carbons (Fsp3) is 0.435. The van der Waals surface area contributed by atoms with E-state index < -0.39 is 18.1 Å². The van der Waals surface area contributed by atoms with Gasteiger partial charge in [0, 0.05) is 10.0 Å². The number of ether oxygens (including phenoxy) is 4. The Balaban J connectivity index is 2.27. The number of carboxylic acid groups (broad SMARTS) is 1. The Morgan fingerprint density at radius 2 is 1.65 bits per heavy atom. The summed E-state index contributed by atoms with van der Waals surface area (Å²) in [6.45, 7) is 0.642. The van der Waals surface area contributed by atoms with Gasteiger partial charge in [-0.25, -0.2) is 0 Å². The second-order valence-corrected chi connectivity index (χ2v) is 8.18. The smallest absolute Gasteiger partial charge is 0.320 e. The summed E-state index contributed by atoms with van der Waals surface area (Å²) >= 11 is 3.67. The number of halogens is 1. The number of rotatable bonds is 8. The highest BCUT2D eigenvalue weighted by Crippen LogP contribution is 2.45. The van der Waals surface area contributed by atoms with Crippen LogP contribution in [0.1, 0.15) is 36.4 Å². The van der Waals surface area contributed by atoms with Crippen LogP contribution in [0.3, 0.4) is 0 Å². The van der Waals surface area contributed by atoms with Crippen LogP contribution in [0.4, 0.5) is 0 Å². The lowest BCUT2D eigenvalue weighted by Gasteiger charge is -2.40. The fourth-order valence-corrected chi connectivity index (χ4v) is 4.72. The maximum atomic E-state index is 12.2. The third-order valence-electron chi connectivity index (χ3n) is 5.69. The Morgan fingerprint density at radius 1 is 0.968 bits per heavy atom. The van der Waals surface area contributed by atoms with Crippen LogP contribution in [0.5, 0.6) is 23.0 Å². The van der Waals surface area contributed by atoms with Crippen molar-refractivity contribution in [2.75, 3.05) is 35.0 Å². The number of methoxy groups -OCH3 is 4. The van der Waals surface area contributed by atoms with Crippen molar-refractivity contribution >= 4 is 21.9 Å². The Labute approximate surface area is 191 Å². The van der Waals surface area contributed by atoms with E-state index in [1.807, 2.05) is 35.2 Å². The first kappa shape index (κ1) is 23.2. The van der Waals surface area contributed by atoms with Gasteiger partial charge in [-0.05, 0) is 55.3 Å². The Kier molecular flexibility index (Phi) is 7.67. The van der Waals surface area contributed by atoms with Gasteiger partial charge in [0.15, 0.2) is 11.5 Å². The predicted molar refractivity (Wildman–Crippen MR) is 121 cm³/mol. The molecule has 7 nitrogen and oxygen atoms in total. The van der Waals surface area contributed by atoms with E-state index in [0.717, 1.165) is 28.4 Å². The van der Waals surface area contributed by atoms with E-state index in [2.05, 4.69) is 15.9 Å². The molecule has 31 heavy (non-hydrogen) atoms. The van der Waals surface area contributed by atoms with E-state index in [4.69, 9.17) is 18.9 Å². The van der Waals surface area contributed by atoms with Crippen molar-refractivity contribution in [1.29, 1.82) is 0 Å². The average molecular weight is 494 g/mol. The largest absolute Gasteiger partial charge is 0.497 e. The monoisotopic (exact) mass is 493 g/mol. The molecule has 2 aromatic carbocycles. The molecule has 1 aliphatic heterocycles. The molecule has 168 valence electrons. The second kappa shape index (κ2) is 10.2. The quantitative estimate of drug-likeness (QED) is 0.579. The molecule has 3 rings (SSSR count). The molecule has 0 aromatic heterocycles. The van der Waals surface area contributed by atoms with Gasteiger partial charge < -0.3 is 24.1 Å². The molecule has 0 bridgehead atoms. The number of hydrogen-bond acceptors (Lipinski definition) is 6. The third-order valence-corrected chi connectivity index (χ3v) is 6.38. The zero-order valence-corrected chi connectivity index (χ0v) is 19.8. The zero-order valence-electron chi connectivity index (χ0n) is 18.2. The van der Waals surface area contributed by atoms with E-state index in [1.165, 1.54) is 0 Å². The maximum absolute atomic E-state index is 12.2. The highest BCUT2D eigenvalue weighted by atomic mass is 79.9. The first-order valence-electron chi connectivity index (χ1n) is 10.1. The van der Waals surface area contributed by atoms with Crippen LogP contribution >= 0.6 is 15.9 Å². The first-order valence-corrected chi connectivity index (χ1v) is 10.9. The maximum Gasteiger partial charge on any atom is 0.320 e. The van der Waals surface area contributed by atoms with Gasteiger partial charge in [-0.1, -0.05) is 22.4 Å². The van der Waals surface area contributed by atoms with Gasteiger partial charge in [0.2, 0.25) is 0 Å². The van der Waals surface area contributed by atoms with Crippen LogP contribution in [-0.2, 0) is 4.79 Å². The van der Waals surface area contributed by atoms with Gasteiger partial charge in [-0.15, -0.1) is 0 Å². The number of piperidine rings is 1. The van der Waals surface area contributed by atoms with Gasteiger partial charge >= 0.3 is 5.97 Å². The summed E-state index contributed by atoms with van der Waals surface area (Å²) in [6, 6.07) is 8.28. The molecule has 0 saturated carbocycles. The number of aliphatic carboxylic acids is 1. The minimum Gasteiger partial charge on any atom is -0.497 e. The number of carboxylic acids is 1. The SMILES string of the molecule is COc1ccc(OC)c(C(c2cc(OC)c(OC)cc2Br)N2CCCCC2C(=O)O)c1. The fourth-order valence-electron chi connectivity index (χ4n) is 4.19. The van der Waals surface area contributed by atoms with Crippen molar-refractivity contribution in [3.63, 3.8) is 0 Å². The second-order valence-electron chi connectivity index (χ2n) is 7.33. The number of benzene rings is 2. The Bertz CT molecular complexity index is 935. The molecule has 0 amide bonds. The van der Waals surface area contributed by atoms with Crippen molar-refractivity contribution in [1.82, 2.24) is 4.90 Å². The lowest BCUT2D eigenvalue weighted by atomic mass is 9.90. The number of hydrogen-bond donors (Lipinski definition) is 1. The molecule has 8 heteroatoms. The summed E-state index contributed by atoms with van der Waals surface area (Å²) in [7, 11) is 6.38.